The van der Waals surface area contributed by atoms with Crippen molar-refractivity contribution < 1.29 is 19.0 Å². The molecule has 0 saturated carbocycles. The molecular formula is C10H10FNO3. The highest BCUT2D eigenvalue weighted by molar-refractivity contribution is 5.66. The summed E-state index contributed by atoms with van der Waals surface area (Å²) < 4.78 is 17.9. The van der Waals surface area contributed by atoms with E-state index >= 15 is 0 Å². The maximum absolute atomic E-state index is 12.6. The van der Waals surface area contributed by atoms with E-state index in [1.54, 1.807) is 0 Å². The second-order valence-electron chi connectivity index (χ2n) is 3.29. The first-order chi connectivity index (χ1) is 7.16. The van der Waals surface area contributed by atoms with E-state index in [1.807, 2.05) is 0 Å². The Bertz CT molecular complexity index is 365. The summed E-state index contributed by atoms with van der Waals surface area (Å²) >= 11 is 0. The van der Waals surface area contributed by atoms with Crippen molar-refractivity contribution in [3.8, 4) is 5.75 Å². The van der Waals surface area contributed by atoms with Gasteiger partial charge in [0.1, 0.15) is 11.6 Å². The van der Waals surface area contributed by atoms with Gasteiger partial charge < -0.3 is 9.84 Å². The lowest BCUT2D eigenvalue weighted by Gasteiger charge is -2.38. The minimum atomic E-state index is -0.992. The van der Waals surface area contributed by atoms with E-state index in [0.717, 1.165) is 0 Å². The average Bonchev–Trinajstić information content (AvgIpc) is 2.14. The predicted octanol–water partition coefficient (Wildman–Crippen LogP) is 1.91. The van der Waals surface area contributed by atoms with Crippen LogP contribution in [0.25, 0.3) is 0 Å². The van der Waals surface area contributed by atoms with E-state index in [0.29, 0.717) is 18.7 Å². The third-order valence-electron chi connectivity index (χ3n) is 2.30. The smallest absolute Gasteiger partial charge is 0.410 e. The Balaban J connectivity index is 1.97. The van der Waals surface area contributed by atoms with Gasteiger partial charge in [0.25, 0.3) is 0 Å². The highest BCUT2D eigenvalue weighted by Crippen LogP contribution is 2.22. The third kappa shape index (κ3) is 2.01. The van der Waals surface area contributed by atoms with Gasteiger partial charge in [0.15, 0.2) is 6.23 Å². The number of carbonyl (C=O) groups is 1. The molecule has 80 valence electrons. The number of hydrogen-bond donors (Lipinski definition) is 1. The average molecular weight is 211 g/mol. The Morgan fingerprint density at radius 1 is 1.47 bits per heavy atom. The second kappa shape index (κ2) is 3.76. The maximum atomic E-state index is 12.6. The molecule has 1 unspecified atom stereocenters. The molecule has 1 aromatic rings. The fourth-order valence-electron chi connectivity index (χ4n) is 1.38. The van der Waals surface area contributed by atoms with E-state index in [9.17, 15) is 9.18 Å². The van der Waals surface area contributed by atoms with Gasteiger partial charge in [-0.05, 0) is 24.3 Å². The summed E-state index contributed by atoms with van der Waals surface area (Å²) in [7, 11) is 0. The predicted molar refractivity (Wildman–Crippen MR) is 50.2 cm³/mol. The molecule has 15 heavy (non-hydrogen) atoms. The number of carboxylic acid groups (broad SMARTS) is 1. The molecule has 1 amide bonds. The lowest BCUT2D eigenvalue weighted by molar-refractivity contribution is -0.0373. The number of ether oxygens (including phenoxy) is 1. The quantitative estimate of drug-likeness (QED) is 0.812. The summed E-state index contributed by atoms with van der Waals surface area (Å²) in [5.74, 6) is 0.137. The zero-order valence-electron chi connectivity index (χ0n) is 7.89. The van der Waals surface area contributed by atoms with E-state index < -0.39 is 12.3 Å². The van der Waals surface area contributed by atoms with Gasteiger partial charge in [0.2, 0.25) is 0 Å². The number of nitrogens with zero attached hydrogens (tertiary/aromatic N) is 1. The Morgan fingerprint density at radius 2 is 2.13 bits per heavy atom. The molecule has 1 N–H and O–H groups in total. The van der Waals surface area contributed by atoms with Crippen LogP contribution in [0.1, 0.15) is 6.42 Å². The van der Waals surface area contributed by atoms with Gasteiger partial charge in [-0.15, -0.1) is 0 Å². The summed E-state index contributed by atoms with van der Waals surface area (Å²) in [6.45, 7) is 0.487. The van der Waals surface area contributed by atoms with Gasteiger partial charge in [0, 0.05) is 13.0 Å². The minimum Gasteiger partial charge on any atom is -0.470 e. The lowest BCUT2D eigenvalue weighted by Crippen LogP contribution is -2.53. The van der Waals surface area contributed by atoms with Crippen molar-refractivity contribution in [2.45, 2.75) is 12.6 Å². The van der Waals surface area contributed by atoms with E-state index in [2.05, 4.69) is 0 Å². The molecule has 2 rings (SSSR count). The molecule has 1 atom stereocenters. The van der Waals surface area contributed by atoms with Gasteiger partial charge in [-0.25, -0.2) is 9.18 Å². The van der Waals surface area contributed by atoms with Crippen LogP contribution in [0, 0.1) is 5.82 Å². The SMILES string of the molecule is O=C(O)N1CCC1Oc1ccc(F)cc1. The van der Waals surface area contributed by atoms with E-state index in [1.165, 1.54) is 29.2 Å². The largest absolute Gasteiger partial charge is 0.470 e. The molecule has 1 aromatic carbocycles. The zero-order chi connectivity index (χ0) is 10.8. The van der Waals surface area contributed by atoms with Gasteiger partial charge in [-0.2, -0.15) is 0 Å². The monoisotopic (exact) mass is 211 g/mol. The third-order valence-corrected chi connectivity index (χ3v) is 2.30. The Labute approximate surface area is 85.9 Å². The number of likely N-dealkylation sites (tertiary alicyclic amines) is 1. The number of amides is 1. The second-order valence-corrected chi connectivity index (χ2v) is 3.29. The van der Waals surface area contributed by atoms with Crippen molar-refractivity contribution in [3.63, 3.8) is 0 Å². The molecule has 5 heteroatoms. The van der Waals surface area contributed by atoms with Crippen LogP contribution in [0.2, 0.25) is 0 Å². The molecular weight excluding hydrogens is 201 g/mol. The van der Waals surface area contributed by atoms with Crippen LogP contribution in [-0.2, 0) is 0 Å². The lowest BCUT2D eigenvalue weighted by atomic mass is 10.2. The van der Waals surface area contributed by atoms with Gasteiger partial charge in [-0.3, -0.25) is 4.90 Å². The van der Waals surface area contributed by atoms with Crippen molar-refractivity contribution in [3.05, 3.63) is 30.1 Å². The fraction of sp³-hybridized carbons (Fsp3) is 0.300. The molecule has 0 bridgehead atoms. The Kier molecular flexibility index (Phi) is 2.45. The van der Waals surface area contributed by atoms with Gasteiger partial charge in [0.05, 0.1) is 0 Å². The number of hydrogen-bond acceptors (Lipinski definition) is 2. The van der Waals surface area contributed by atoms with Crippen LogP contribution in [0.3, 0.4) is 0 Å². The van der Waals surface area contributed by atoms with E-state index in [4.69, 9.17) is 9.84 Å². The normalized spacial score (nSPS) is 19.5. The number of rotatable bonds is 2. The Hall–Kier alpha value is -1.78. The summed E-state index contributed by atoms with van der Waals surface area (Å²) in [5, 5.41) is 8.71. The molecule has 4 nitrogen and oxygen atoms in total. The van der Waals surface area contributed by atoms with Crippen LogP contribution in [0.15, 0.2) is 24.3 Å². The van der Waals surface area contributed by atoms with Crippen LogP contribution in [-0.4, -0.2) is 28.9 Å². The molecule has 0 aliphatic carbocycles. The van der Waals surface area contributed by atoms with Gasteiger partial charge in [-0.1, -0.05) is 0 Å². The maximum Gasteiger partial charge on any atom is 0.410 e. The summed E-state index contributed by atoms with van der Waals surface area (Å²) in [6.07, 6.45) is -0.759. The molecule has 1 heterocycles. The van der Waals surface area contributed by atoms with Crippen molar-refractivity contribution >= 4 is 6.09 Å². The molecule has 1 saturated heterocycles. The minimum absolute atomic E-state index is 0.342. The first-order valence-corrected chi connectivity index (χ1v) is 4.58. The molecule has 1 aliphatic heterocycles. The highest BCUT2D eigenvalue weighted by Gasteiger charge is 2.33. The molecule has 1 fully saturated rings. The van der Waals surface area contributed by atoms with Crippen LogP contribution in [0.5, 0.6) is 5.75 Å². The van der Waals surface area contributed by atoms with Crippen LogP contribution < -0.4 is 4.74 Å². The molecule has 0 radical (unpaired) electrons. The summed E-state index contributed by atoms with van der Waals surface area (Å²) in [5.41, 5.74) is 0. The molecule has 0 spiro atoms. The van der Waals surface area contributed by atoms with Crippen molar-refractivity contribution in [1.82, 2.24) is 4.90 Å². The van der Waals surface area contributed by atoms with Crippen LogP contribution >= 0.6 is 0 Å². The van der Waals surface area contributed by atoms with Crippen molar-refractivity contribution in [2.75, 3.05) is 6.54 Å². The highest BCUT2D eigenvalue weighted by atomic mass is 19.1. The fourth-order valence-corrected chi connectivity index (χ4v) is 1.38. The topological polar surface area (TPSA) is 49.8 Å². The zero-order valence-corrected chi connectivity index (χ0v) is 7.89. The first kappa shape index (κ1) is 9.76. The van der Waals surface area contributed by atoms with Gasteiger partial charge >= 0.3 is 6.09 Å². The van der Waals surface area contributed by atoms with Crippen LogP contribution in [0.4, 0.5) is 9.18 Å². The number of benzene rings is 1. The first-order valence-electron chi connectivity index (χ1n) is 4.58. The molecule has 1 aliphatic rings. The van der Waals surface area contributed by atoms with Crippen molar-refractivity contribution in [1.29, 1.82) is 0 Å². The summed E-state index contributed by atoms with van der Waals surface area (Å²) in [6, 6.07) is 5.51. The molecule has 0 aromatic heterocycles. The standard InChI is InChI=1S/C10H10FNO3/c11-7-1-3-8(4-2-7)15-9-5-6-12(9)10(13)14/h1-4,9H,5-6H2,(H,13,14). The number of halogens is 1. The Morgan fingerprint density at radius 3 is 2.60 bits per heavy atom. The van der Waals surface area contributed by atoms with Crippen molar-refractivity contribution in [2.24, 2.45) is 0 Å². The van der Waals surface area contributed by atoms with E-state index in [-0.39, 0.29) is 5.82 Å². The summed E-state index contributed by atoms with van der Waals surface area (Å²) in [4.78, 5) is 11.8.